The zero-order valence-electron chi connectivity index (χ0n) is 17.1. The molecular formula is C22H28N6O. The molecule has 0 unspecified atom stereocenters. The van der Waals surface area contributed by atoms with Crippen molar-refractivity contribution in [3.05, 3.63) is 36.0 Å². The van der Waals surface area contributed by atoms with E-state index in [1.54, 1.807) is 7.11 Å². The number of nitrogens with one attached hydrogen (secondary N) is 1. The Morgan fingerprint density at radius 2 is 1.97 bits per heavy atom. The average molecular weight is 393 g/mol. The first-order valence-electron chi connectivity index (χ1n) is 10.4. The van der Waals surface area contributed by atoms with Crippen molar-refractivity contribution < 1.29 is 4.74 Å². The van der Waals surface area contributed by atoms with E-state index in [9.17, 15) is 0 Å². The van der Waals surface area contributed by atoms with Crippen molar-refractivity contribution in [2.24, 2.45) is 0 Å². The number of benzene rings is 1. The summed E-state index contributed by atoms with van der Waals surface area (Å²) < 4.78 is 5.68. The minimum Gasteiger partial charge on any atom is -0.494 e. The van der Waals surface area contributed by atoms with E-state index < -0.39 is 0 Å². The number of aromatic nitrogens is 2. The highest BCUT2D eigenvalue weighted by atomic mass is 16.5. The summed E-state index contributed by atoms with van der Waals surface area (Å²) in [7, 11) is 3.88. The minimum absolute atomic E-state index is 0.607. The van der Waals surface area contributed by atoms with Crippen LogP contribution in [0.3, 0.4) is 0 Å². The summed E-state index contributed by atoms with van der Waals surface area (Å²) in [6.07, 6.45) is 8.71. The number of fused-ring (bicyclic) bond motifs is 1. The molecule has 1 saturated carbocycles. The van der Waals surface area contributed by atoms with Crippen molar-refractivity contribution in [1.82, 2.24) is 14.9 Å². The van der Waals surface area contributed by atoms with E-state index in [1.165, 1.54) is 18.5 Å². The number of anilines is 4. The molecule has 2 aliphatic heterocycles. The van der Waals surface area contributed by atoms with Crippen LogP contribution in [0.1, 0.15) is 18.4 Å². The predicted molar refractivity (Wildman–Crippen MR) is 117 cm³/mol. The fourth-order valence-electron chi connectivity index (χ4n) is 4.04. The van der Waals surface area contributed by atoms with Crippen LogP contribution in [0.5, 0.6) is 5.75 Å². The molecule has 0 atom stereocenters. The van der Waals surface area contributed by atoms with Crippen molar-refractivity contribution in [2.45, 2.75) is 18.9 Å². The number of piperazine rings is 1. The molecule has 7 nitrogen and oxygen atoms in total. The van der Waals surface area contributed by atoms with Crippen molar-refractivity contribution in [2.75, 3.05) is 62.0 Å². The number of hydrogen-bond donors (Lipinski definition) is 1. The van der Waals surface area contributed by atoms with E-state index in [0.29, 0.717) is 12.0 Å². The van der Waals surface area contributed by atoms with Crippen LogP contribution < -0.4 is 19.9 Å². The van der Waals surface area contributed by atoms with Gasteiger partial charge in [0.2, 0.25) is 5.95 Å². The average Bonchev–Trinajstić information content (AvgIpc) is 3.59. The van der Waals surface area contributed by atoms with Gasteiger partial charge in [0.15, 0.2) is 0 Å². The molecule has 5 rings (SSSR count). The van der Waals surface area contributed by atoms with Crippen LogP contribution in [0.2, 0.25) is 0 Å². The lowest BCUT2D eigenvalue weighted by Gasteiger charge is -2.34. The number of hydrogen-bond acceptors (Lipinski definition) is 7. The molecule has 152 valence electrons. The van der Waals surface area contributed by atoms with Gasteiger partial charge in [0.25, 0.3) is 0 Å². The quantitative estimate of drug-likeness (QED) is 0.839. The monoisotopic (exact) mass is 392 g/mol. The first kappa shape index (κ1) is 18.2. The van der Waals surface area contributed by atoms with Gasteiger partial charge in [-0.1, -0.05) is 12.2 Å². The molecule has 0 bridgehead atoms. The molecule has 1 aromatic heterocycles. The van der Waals surface area contributed by atoms with Crippen LogP contribution in [-0.4, -0.2) is 67.8 Å². The summed E-state index contributed by atoms with van der Waals surface area (Å²) >= 11 is 0. The third kappa shape index (κ3) is 3.74. The second-order valence-corrected chi connectivity index (χ2v) is 8.06. The molecule has 1 N–H and O–H groups in total. The van der Waals surface area contributed by atoms with Crippen LogP contribution in [0.4, 0.5) is 23.1 Å². The van der Waals surface area contributed by atoms with Crippen molar-refractivity contribution in [3.8, 4) is 5.75 Å². The molecule has 0 radical (unpaired) electrons. The lowest BCUT2D eigenvalue weighted by atomic mass is 10.2. The van der Waals surface area contributed by atoms with Crippen LogP contribution >= 0.6 is 0 Å². The molecule has 2 aromatic rings. The lowest BCUT2D eigenvalue weighted by Crippen LogP contribution is -2.44. The highest BCUT2D eigenvalue weighted by Crippen LogP contribution is 2.36. The number of nitrogens with zero attached hydrogens (tertiary/aromatic N) is 5. The van der Waals surface area contributed by atoms with E-state index in [2.05, 4.69) is 62.4 Å². The van der Waals surface area contributed by atoms with Gasteiger partial charge < -0.3 is 24.8 Å². The van der Waals surface area contributed by atoms with Gasteiger partial charge in [-0.05, 0) is 32.0 Å². The maximum absolute atomic E-state index is 5.68. The Hall–Kier alpha value is -2.80. The van der Waals surface area contributed by atoms with Gasteiger partial charge in [-0.25, -0.2) is 4.98 Å². The van der Waals surface area contributed by atoms with Crippen LogP contribution in [0.15, 0.2) is 30.5 Å². The number of ether oxygens (including phenoxy) is 1. The fourth-order valence-corrected chi connectivity index (χ4v) is 4.04. The molecule has 29 heavy (non-hydrogen) atoms. The summed E-state index contributed by atoms with van der Waals surface area (Å²) in [5, 5.41) is 3.37. The first-order chi connectivity index (χ1) is 14.2. The second kappa shape index (κ2) is 7.55. The minimum atomic E-state index is 0.607. The molecule has 2 fully saturated rings. The van der Waals surface area contributed by atoms with Gasteiger partial charge in [-0.2, -0.15) is 4.98 Å². The van der Waals surface area contributed by atoms with Gasteiger partial charge in [-0.3, -0.25) is 0 Å². The Labute approximate surface area is 172 Å². The molecule has 1 saturated heterocycles. The lowest BCUT2D eigenvalue weighted by molar-refractivity contribution is 0.312. The largest absolute Gasteiger partial charge is 0.494 e. The van der Waals surface area contributed by atoms with Crippen molar-refractivity contribution in [1.29, 1.82) is 0 Å². The summed E-state index contributed by atoms with van der Waals surface area (Å²) in [5.41, 5.74) is 3.16. The molecule has 3 aliphatic rings. The molecule has 1 aromatic carbocycles. The third-order valence-corrected chi connectivity index (χ3v) is 5.96. The van der Waals surface area contributed by atoms with E-state index in [1.807, 2.05) is 6.20 Å². The van der Waals surface area contributed by atoms with Crippen LogP contribution in [-0.2, 0) is 0 Å². The Morgan fingerprint density at radius 3 is 2.72 bits per heavy atom. The van der Waals surface area contributed by atoms with E-state index in [4.69, 9.17) is 9.72 Å². The second-order valence-electron chi connectivity index (χ2n) is 8.06. The van der Waals surface area contributed by atoms with Gasteiger partial charge in [-0.15, -0.1) is 0 Å². The Bertz CT molecular complexity index is 918. The van der Waals surface area contributed by atoms with E-state index >= 15 is 0 Å². The number of likely N-dealkylation sites (N-methyl/N-ethyl adjacent to an activating group) is 1. The summed E-state index contributed by atoms with van der Waals surface area (Å²) in [5.74, 6) is 2.44. The van der Waals surface area contributed by atoms with Crippen LogP contribution in [0, 0.1) is 0 Å². The Kier molecular flexibility index (Phi) is 4.75. The maximum atomic E-state index is 5.68. The van der Waals surface area contributed by atoms with Gasteiger partial charge in [0.05, 0.1) is 12.8 Å². The predicted octanol–water partition coefficient (Wildman–Crippen LogP) is 2.98. The molecule has 3 heterocycles. The van der Waals surface area contributed by atoms with Crippen LogP contribution in [0.25, 0.3) is 6.08 Å². The summed E-state index contributed by atoms with van der Waals surface area (Å²) in [6, 6.07) is 6.94. The van der Waals surface area contributed by atoms with E-state index in [-0.39, 0.29) is 0 Å². The van der Waals surface area contributed by atoms with Crippen molar-refractivity contribution >= 4 is 29.2 Å². The SMILES string of the molecule is COc1cc(N2CCN(C)CC2)ccc1Nc1ncc2c(n1)N(C1CC1)CC=C2. The van der Waals surface area contributed by atoms with Gasteiger partial charge >= 0.3 is 0 Å². The molecule has 0 spiro atoms. The highest BCUT2D eigenvalue weighted by Gasteiger charge is 2.32. The zero-order valence-corrected chi connectivity index (χ0v) is 17.1. The summed E-state index contributed by atoms with van der Waals surface area (Å²) in [6.45, 7) is 5.15. The Morgan fingerprint density at radius 1 is 1.14 bits per heavy atom. The van der Waals surface area contributed by atoms with Gasteiger partial charge in [0.1, 0.15) is 11.6 Å². The molecular weight excluding hydrogens is 364 g/mol. The normalized spacial score (nSPS) is 19.2. The van der Waals surface area contributed by atoms with E-state index in [0.717, 1.165) is 55.5 Å². The maximum Gasteiger partial charge on any atom is 0.229 e. The molecule has 1 aliphatic carbocycles. The van der Waals surface area contributed by atoms with Crippen molar-refractivity contribution in [3.63, 3.8) is 0 Å². The smallest absolute Gasteiger partial charge is 0.229 e. The first-order valence-corrected chi connectivity index (χ1v) is 10.4. The highest BCUT2D eigenvalue weighted by molar-refractivity contribution is 5.72. The zero-order chi connectivity index (χ0) is 19.8. The third-order valence-electron chi connectivity index (χ3n) is 5.96. The Balaban J connectivity index is 1.37. The topological polar surface area (TPSA) is 56.8 Å². The summed E-state index contributed by atoms with van der Waals surface area (Å²) in [4.78, 5) is 16.5. The molecule has 0 amide bonds. The fraction of sp³-hybridized carbons (Fsp3) is 0.455. The molecule has 7 heteroatoms. The number of rotatable bonds is 5. The number of methoxy groups -OCH3 is 1. The standard InChI is InChI=1S/C22H28N6O/c1-26-10-12-27(13-11-26)18-7-8-19(20(14-18)29-2)24-22-23-15-16-4-3-9-28(17-5-6-17)21(16)25-22/h3-4,7-8,14-15,17H,5-6,9-13H2,1-2H3,(H,23,24,25). The van der Waals surface area contributed by atoms with Gasteiger partial charge in [0, 0.05) is 62.3 Å².